The Morgan fingerprint density at radius 3 is 0.667 bits per heavy atom. The zero-order chi connectivity index (χ0) is 36.4. The number of carboxylic acid groups (broad SMARTS) is 1. The smallest absolute Gasteiger partial charge is 0.548 e. The van der Waals surface area contributed by atoms with Gasteiger partial charge in [0.2, 0.25) is 0 Å². The van der Waals surface area contributed by atoms with Gasteiger partial charge in [0.25, 0.3) is 0 Å². The average molecular weight is 728 g/mol. The summed E-state index contributed by atoms with van der Waals surface area (Å²) in [5.74, 6) is -0.911. The van der Waals surface area contributed by atoms with Gasteiger partial charge in [0, 0.05) is 6.04 Å². The molecule has 51 heavy (non-hydrogen) atoms. The monoisotopic (exact) mass is 728 g/mol. The predicted molar refractivity (Wildman–Crippen MR) is 222 cm³/mol. The van der Waals surface area contributed by atoms with Crippen LogP contribution in [0.25, 0.3) is 0 Å². The van der Waals surface area contributed by atoms with Crippen LogP contribution in [-0.4, -0.2) is 30.0 Å². The van der Waals surface area contributed by atoms with Gasteiger partial charge in [-0.05, 0) is 32.9 Å². The number of hydrogen-bond acceptors (Lipinski definition) is 3. The van der Waals surface area contributed by atoms with Gasteiger partial charge in [-0.3, -0.25) is 4.90 Å². The van der Waals surface area contributed by atoms with Crippen molar-refractivity contribution in [2.24, 2.45) is 0 Å². The molecule has 1 atom stereocenters. The zero-order valence-electron chi connectivity index (χ0n) is 36.0. The number of nitrogens with zero attached hydrogens (tertiary/aromatic N) is 1. The van der Waals surface area contributed by atoms with E-state index in [4.69, 9.17) is 0 Å². The third-order valence-corrected chi connectivity index (χ3v) is 11.5. The molecule has 0 radical (unpaired) electrons. The van der Waals surface area contributed by atoms with Gasteiger partial charge in [-0.15, -0.1) is 0 Å². The quantitative estimate of drug-likeness (QED) is 0.0464. The number of hydrogen-bond donors (Lipinski definition) is 0. The molecule has 0 aliphatic rings. The van der Waals surface area contributed by atoms with Crippen LogP contribution in [0.3, 0.4) is 0 Å². The van der Waals surface area contributed by atoms with Crippen molar-refractivity contribution < 1.29 is 39.5 Å². The molecule has 0 amide bonds. The van der Waals surface area contributed by atoms with Gasteiger partial charge >= 0.3 is 29.6 Å². The molecule has 300 valence electrons. The molecule has 0 aromatic rings. The van der Waals surface area contributed by atoms with Gasteiger partial charge < -0.3 is 9.90 Å². The van der Waals surface area contributed by atoms with Crippen molar-refractivity contribution in [2.45, 2.75) is 284 Å². The van der Waals surface area contributed by atoms with Crippen LogP contribution < -0.4 is 34.7 Å². The molecule has 0 aliphatic heterocycles. The Kier molecular flexibility index (Phi) is 48.9. The standard InChI is InChI=1S/C47H95NO2.Na/c1-4-6-8-10-12-14-16-18-20-22-24-26-28-30-32-34-36-38-40-42-44-48(46(3)47(49)50)45-43-41-39-37-35-33-31-29-27-25-23-21-19-17-15-13-11-9-7-5-2;/h46H,4-45H2,1-3H3,(H,49,50);/q;+1/p-1. The molecule has 0 saturated carbocycles. The van der Waals surface area contributed by atoms with Gasteiger partial charge in [-0.1, -0.05) is 258 Å². The maximum Gasteiger partial charge on any atom is 1.00 e. The summed E-state index contributed by atoms with van der Waals surface area (Å²) in [5, 5.41) is 11.6. The molecule has 0 saturated heterocycles. The molecule has 0 aliphatic carbocycles. The van der Waals surface area contributed by atoms with Crippen molar-refractivity contribution in [1.82, 2.24) is 4.90 Å². The molecule has 0 rings (SSSR count). The summed E-state index contributed by atoms with van der Waals surface area (Å²) >= 11 is 0. The van der Waals surface area contributed by atoms with E-state index in [1.807, 2.05) is 6.92 Å². The van der Waals surface area contributed by atoms with Crippen molar-refractivity contribution >= 4 is 5.97 Å². The Labute approximate surface area is 345 Å². The normalized spacial score (nSPS) is 12.1. The number of unbranched alkanes of at least 4 members (excludes halogenated alkanes) is 38. The van der Waals surface area contributed by atoms with Gasteiger partial charge in [0.15, 0.2) is 0 Å². The van der Waals surface area contributed by atoms with Crippen LogP contribution in [0.15, 0.2) is 0 Å². The van der Waals surface area contributed by atoms with E-state index < -0.39 is 12.0 Å². The minimum atomic E-state index is -0.911. The van der Waals surface area contributed by atoms with Crippen LogP contribution in [0.1, 0.15) is 278 Å². The van der Waals surface area contributed by atoms with Gasteiger partial charge in [0.1, 0.15) is 0 Å². The Balaban J connectivity index is 0. The Morgan fingerprint density at radius 1 is 0.353 bits per heavy atom. The first kappa shape index (κ1) is 53.5. The third kappa shape index (κ3) is 43.0. The topological polar surface area (TPSA) is 43.4 Å². The van der Waals surface area contributed by atoms with Crippen LogP contribution >= 0.6 is 0 Å². The predicted octanol–water partition coefficient (Wildman–Crippen LogP) is 12.1. The summed E-state index contributed by atoms with van der Waals surface area (Å²) in [6.07, 6.45) is 55.7. The average Bonchev–Trinajstić information content (AvgIpc) is 3.12. The molecule has 0 aromatic carbocycles. The zero-order valence-corrected chi connectivity index (χ0v) is 38.0. The number of carbonyl (C=O) groups is 1. The van der Waals surface area contributed by atoms with Gasteiger partial charge in [0.05, 0.1) is 5.97 Å². The largest absolute Gasteiger partial charge is 1.00 e. The van der Waals surface area contributed by atoms with E-state index in [-0.39, 0.29) is 29.6 Å². The maximum atomic E-state index is 11.6. The fourth-order valence-electron chi connectivity index (χ4n) is 7.79. The molecule has 3 nitrogen and oxygen atoms in total. The van der Waals surface area contributed by atoms with Crippen LogP contribution in [0.2, 0.25) is 0 Å². The van der Waals surface area contributed by atoms with Crippen molar-refractivity contribution in [3.05, 3.63) is 0 Å². The minimum Gasteiger partial charge on any atom is -0.548 e. The fraction of sp³-hybridized carbons (Fsp3) is 0.979. The second kappa shape index (κ2) is 46.6. The first-order valence-electron chi connectivity index (χ1n) is 23.6. The van der Waals surface area contributed by atoms with Gasteiger partial charge in [-0.25, -0.2) is 0 Å². The molecular formula is C47H94NNaO2. The summed E-state index contributed by atoms with van der Waals surface area (Å²) in [5.41, 5.74) is 0. The van der Waals surface area contributed by atoms with E-state index in [1.54, 1.807) is 0 Å². The van der Waals surface area contributed by atoms with Crippen LogP contribution in [0, 0.1) is 0 Å². The molecule has 0 aromatic heterocycles. The van der Waals surface area contributed by atoms with E-state index in [2.05, 4.69) is 18.7 Å². The Bertz CT molecular complexity index is 600. The molecular weight excluding hydrogens is 634 g/mol. The summed E-state index contributed by atoms with van der Waals surface area (Å²) in [4.78, 5) is 13.8. The number of carboxylic acids is 1. The molecule has 0 bridgehead atoms. The SMILES string of the molecule is CCCCCCCCCCCCCCCCCCCCCCN(CCCCCCCCCCCCCCCCCCCCCC)C(C)C(=O)[O-].[Na+]. The summed E-state index contributed by atoms with van der Waals surface area (Å²) in [7, 11) is 0. The van der Waals surface area contributed by atoms with Gasteiger partial charge in [-0.2, -0.15) is 0 Å². The minimum absolute atomic E-state index is 0. The summed E-state index contributed by atoms with van der Waals surface area (Å²) in [6, 6.07) is -0.462. The van der Waals surface area contributed by atoms with Crippen LogP contribution in [-0.2, 0) is 4.79 Å². The van der Waals surface area contributed by atoms with Crippen LogP contribution in [0.4, 0.5) is 0 Å². The molecule has 0 fully saturated rings. The summed E-state index contributed by atoms with van der Waals surface area (Å²) in [6.45, 7) is 8.24. The van der Waals surface area contributed by atoms with E-state index in [1.165, 1.54) is 244 Å². The van der Waals surface area contributed by atoms with Crippen molar-refractivity contribution in [2.75, 3.05) is 13.1 Å². The van der Waals surface area contributed by atoms with Crippen molar-refractivity contribution in [3.8, 4) is 0 Å². The fourth-order valence-corrected chi connectivity index (χ4v) is 7.79. The second-order valence-corrected chi connectivity index (χ2v) is 16.5. The number of rotatable bonds is 44. The number of carbonyl (C=O) groups excluding carboxylic acids is 1. The molecule has 0 spiro atoms. The van der Waals surface area contributed by atoms with E-state index in [0.29, 0.717) is 0 Å². The summed E-state index contributed by atoms with van der Waals surface area (Å²) < 4.78 is 0. The number of aliphatic carboxylic acids is 1. The molecule has 1 unspecified atom stereocenters. The van der Waals surface area contributed by atoms with Crippen molar-refractivity contribution in [3.63, 3.8) is 0 Å². The van der Waals surface area contributed by atoms with Crippen molar-refractivity contribution in [1.29, 1.82) is 0 Å². The molecule has 0 N–H and O–H groups in total. The molecule has 4 heteroatoms. The van der Waals surface area contributed by atoms with E-state index in [9.17, 15) is 9.90 Å². The maximum absolute atomic E-state index is 11.6. The first-order chi connectivity index (χ1) is 24.6. The van der Waals surface area contributed by atoms with Crippen LogP contribution in [0.5, 0.6) is 0 Å². The van der Waals surface area contributed by atoms with E-state index in [0.717, 1.165) is 25.9 Å². The van der Waals surface area contributed by atoms with E-state index >= 15 is 0 Å². The Hall–Kier alpha value is 0.430. The Morgan fingerprint density at radius 2 is 0.510 bits per heavy atom. The first-order valence-corrected chi connectivity index (χ1v) is 23.6. The third-order valence-electron chi connectivity index (χ3n) is 11.5. The molecule has 0 heterocycles. The second-order valence-electron chi connectivity index (χ2n) is 16.5.